The molecule has 0 bridgehead atoms. The molecule has 3 nitrogen and oxygen atoms in total. The molecule has 112 valence electrons. The molecule has 2 aromatic carbocycles. The Morgan fingerprint density at radius 3 is 1.82 bits per heavy atom. The van der Waals surface area contributed by atoms with E-state index in [1.54, 1.807) is 6.08 Å². The van der Waals surface area contributed by atoms with Gasteiger partial charge in [0.1, 0.15) is 6.04 Å². The number of carbonyl (C=O) groups excluding carboxylic acids is 1. The van der Waals surface area contributed by atoms with Crippen molar-refractivity contribution in [2.24, 2.45) is 0 Å². The van der Waals surface area contributed by atoms with E-state index in [2.05, 4.69) is 21.9 Å². The number of hydrogen-bond donors (Lipinski definition) is 0. The lowest BCUT2D eigenvalue weighted by Crippen LogP contribution is -2.50. The van der Waals surface area contributed by atoms with Gasteiger partial charge >= 0.3 is 0 Å². The predicted molar refractivity (Wildman–Crippen MR) is 91.4 cm³/mol. The molecule has 3 heteroatoms. The summed E-state index contributed by atoms with van der Waals surface area (Å²) in [5.41, 5.74) is 2.16. The van der Waals surface area contributed by atoms with E-state index in [9.17, 15) is 4.79 Å². The van der Waals surface area contributed by atoms with Gasteiger partial charge in [-0.25, -0.2) is 0 Å². The van der Waals surface area contributed by atoms with Crippen LogP contribution in [0.5, 0.6) is 0 Å². The molecule has 3 rings (SSSR count). The number of benzene rings is 2. The molecule has 2 atom stereocenters. The number of anilines is 2. The molecule has 0 saturated heterocycles. The van der Waals surface area contributed by atoms with Gasteiger partial charge in [0.25, 0.3) is 0 Å². The minimum Gasteiger partial charge on any atom is -0.366 e. The van der Waals surface area contributed by atoms with Crippen LogP contribution in [0.15, 0.2) is 72.8 Å². The summed E-state index contributed by atoms with van der Waals surface area (Å²) in [5, 5.41) is 0. The Bertz CT molecular complexity index is 666. The second kappa shape index (κ2) is 6.06. The van der Waals surface area contributed by atoms with Crippen molar-refractivity contribution in [1.82, 2.24) is 0 Å². The Balaban J connectivity index is 1.88. The van der Waals surface area contributed by atoms with Gasteiger partial charge < -0.3 is 9.80 Å². The van der Waals surface area contributed by atoms with Crippen LogP contribution < -0.4 is 9.80 Å². The lowest BCUT2D eigenvalue weighted by atomic mass is 10.1. The predicted octanol–water partition coefficient (Wildman–Crippen LogP) is 3.14. The number of para-hydroxylation sites is 2. The molecule has 0 fully saturated rings. The molecule has 1 aliphatic rings. The van der Waals surface area contributed by atoms with Crippen LogP contribution in [0, 0.1) is 0 Å². The molecule has 0 heterocycles. The van der Waals surface area contributed by atoms with E-state index in [0.29, 0.717) is 0 Å². The zero-order valence-corrected chi connectivity index (χ0v) is 12.9. The Morgan fingerprint density at radius 2 is 1.27 bits per heavy atom. The summed E-state index contributed by atoms with van der Waals surface area (Å²) >= 11 is 0. The molecule has 0 aromatic heterocycles. The Labute approximate surface area is 131 Å². The van der Waals surface area contributed by atoms with Crippen molar-refractivity contribution in [3.63, 3.8) is 0 Å². The standard InChI is InChI=1S/C19H20N2O/c1-20(15-9-5-3-6-10-15)17-13-14-18(22)19(17)21(2)16-11-7-4-8-12-16/h3-14,17,19H,1-2H3/t17-,19+/m1/s1. The maximum atomic E-state index is 12.4. The van der Waals surface area contributed by atoms with Gasteiger partial charge in [-0.2, -0.15) is 0 Å². The summed E-state index contributed by atoms with van der Waals surface area (Å²) in [6.45, 7) is 0. The largest absolute Gasteiger partial charge is 0.366 e. The van der Waals surface area contributed by atoms with Crippen LogP contribution in [-0.2, 0) is 4.79 Å². The average Bonchev–Trinajstić information content (AvgIpc) is 2.96. The molecular weight excluding hydrogens is 272 g/mol. The monoisotopic (exact) mass is 292 g/mol. The number of nitrogens with zero attached hydrogens (tertiary/aromatic N) is 2. The van der Waals surface area contributed by atoms with Gasteiger partial charge in [0.05, 0.1) is 6.04 Å². The average molecular weight is 292 g/mol. The second-order valence-corrected chi connectivity index (χ2v) is 5.59. The first-order chi connectivity index (χ1) is 10.7. The van der Waals surface area contributed by atoms with Crippen molar-refractivity contribution >= 4 is 17.2 Å². The topological polar surface area (TPSA) is 23.6 Å². The van der Waals surface area contributed by atoms with Crippen LogP contribution in [0.3, 0.4) is 0 Å². The SMILES string of the molecule is CN(c1ccccc1)[C@@H]1C=CC(=O)[C@H]1N(C)c1ccccc1. The fraction of sp³-hybridized carbons (Fsp3) is 0.211. The summed E-state index contributed by atoms with van der Waals surface area (Å²) in [5.74, 6) is 0.152. The molecule has 0 unspecified atom stereocenters. The summed E-state index contributed by atoms with van der Waals surface area (Å²) in [7, 11) is 4.02. The highest BCUT2D eigenvalue weighted by atomic mass is 16.1. The Hall–Kier alpha value is -2.55. The van der Waals surface area contributed by atoms with Crippen molar-refractivity contribution in [2.75, 3.05) is 23.9 Å². The van der Waals surface area contributed by atoms with Gasteiger partial charge in [-0.15, -0.1) is 0 Å². The van der Waals surface area contributed by atoms with Gasteiger partial charge in [-0.05, 0) is 30.3 Å². The van der Waals surface area contributed by atoms with E-state index in [1.807, 2.05) is 68.7 Å². The van der Waals surface area contributed by atoms with Gasteiger partial charge in [0.2, 0.25) is 0 Å². The van der Waals surface area contributed by atoms with Crippen molar-refractivity contribution in [1.29, 1.82) is 0 Å². The Kier molecular flexibility index (Phi) is 3.96. The molecule has 0 N–H and O–H groups in total. The number of ketones is 1. The number of rotatable bonds is 4. The molecule has 0 radical (unpaired) electrons. The van der Waals surface area contributed by atoms with Gasteiger partial charge in [0, 0.05) is 25.5 Å². The van der Waals surface area contributed by atoms with E-state index in [-0.39, 0.29) is 17.9 Å². The van der Waals surface area contributed by atoms with Crippen LogP contribution in [0.4, 0.5) is 11.4 Å². The zero-order chi connectivity index (χ0) is 15.5. The molecule has 2 aromatic rings. The quantitative estimate of drug-likeness (QED) is 0.865. The summed E-state index contributed by atoms with van der Waals surface area (Å²) < 4.78 is 0. The molecule has 1 aliphatic carbocycles. The lowest BCUT2D eigenvalue weighted by molar-refractivity contribution is -0.115. The van der Waals surface area contributed by atoms with E-state index in [0.717, 1.165) is 11.4 Å². The third kappa shape index (κ3) is 2.62. The van der Waals surface area contributed by atoms with Crippen molar-refractivity contribution in [2.45, 2.75) is 12.1 Å². The first-order valence-corrected chi connectivity index (χ1v) is 7.46. The molecule has 0 spiro atoms. The highest BCUT2D eigenvalue weighted by Gasteiger charge is 2.36. The highest BCUT2D eigenvalue weighted by Crippen LogP contribution is 2.26. The minimum atomic E-state index is -0.201. The van der Waals surface area contributed by atoms with Gasteiger partial charge in [-0.1, -0.05) is 42.5 Å². The fourth-order valence-electron chi connectivity index (χ4n) is 2.99. The minimum absolute atomic E-state index is 0.0279. The third-order valence-corrected chi connectivity index (χ3v) is 4.26. The van der Waals surface area contributed by atoms with Gasteiger partial charge in [0.15, 0.2) is 5.78 Å². The molecule has 0 aliphatic heterocycles. The maximum absolute atomic E-state index is 12.4. The van der Waals surface area contributed by atoms with Crippen LogP contribution in [0.2, 0.25) is 0 Å². The van der Waals surface area contributed by atoms with Gasteiger partial charge in [-0.3, -0.25) is 4.79 Å². The van der Waals surface area contributed by atoms with E-state index in [4.69, 9.17) is 0 Å². The molecule has 0 amide bonds. The number of likely N-dealkylation sites (N-methyl/N-ethyl adjacent to an activating group) is 2. The summed E-state index contributed by atoms with van der Waals surface area (Å²) in [6.07, 6.45) is 3.70. The van der Waals surface area contributed by atoms with Crippen molar-refractivity contribution in [3.05, 3.63) is 72.8 Å². The van der Waals surface area contributed by atoms with E-state index >= 15 is 0 Å². The Morgan fingerprint density at radius 1 is 0.773 bits per heavy atom. The normalized spacial score (nSPS) is 20.2. The number of hydrogen-bond acceptors (Lipinski definition) is 3. The maximum Gasteiger partial charge on any atom is 0.180 e. The first-order valence-electron chi connectivity index (χ1n) is 7.46. The van der Waals surface area contributed by atoms with E-state index < -0.39 is 0 Å². The fourth-order valence-corrected chi connectivity index (χ4v) is 2.99. The summed E-state index contributed by atoms with van der Waals surface area (Å²) in [6, 6.07) is 20.0. The molecular formula is C19H20N2O. The molecule has 0 saturated carbocycles. The third-order valence-electron chi connectivity index (χ3n) is 4.26. The smallest absolute Gasteiger partial charge is 0.180 e. The number of carbonyl (C=O) groups is 1. The molecule has 22 heavy (non-hydrogen) atoms. The second-order valence-electron chi connectivity index (χ2n) is 5.59. The summed E-state index contributed by atoms with van der Waals surface area (Å²) in [4.78, 5) is 16.6. The van der Waals surface area contributed by atoms with Crippen LogP contribution >= 0.6 is 0 Å². The van der Waals surface area contributed by atoms with Crippen molar-refractivity contribution in [3.8, 4) is 0 Å². The van der Waals surface area contributed by atoms with Crippen LogP contribution in [0.25, 0.3) is 0 Å². The first kappa shape index (κ1) is 14.4. The van der Waals surface area contributed by atoms with Crippen molar-refractivity contribution < 1.29 is 4.79 Å². The zero-order valence-electron chi connectivity index (χ0n) is 12.9. The lowest BCUT2D eigenvalue weighted by Gasteiger charge is -2.36. The van der Waals surface area contributed by atoms with Crippen LogP contribution in [0.1, 0.15) is 0 Å². The highest BCUT2D eigenvalue weighted by molar-refractivity contribution is 6.00. The van der Waals surface area contributed by atoms with E-state index in [1.165, 1.54) is 0 Å². The van der Waals surface area contributed by atoms with Crippen LogP contribution in [-0.4, -0.2) is 32.0 Å².